The van der Waals surface area contributed by atoms with E-state index in [0.29, 0.717) is 44.1 Å². The quantitative estimate of drug-likeness (QED) is 0.267. The summed E-state index contributed by atoms with van der Waals surface area (Å²) < 4.78 is 62.3. The van der Waals surface area contributed by atoms with E-state index in [2.05, 4.69) is 9.72 Å². The SMILES string of the molecule is COc1cc2nc(C)c(-c3ccc(-c4ccc(F)cc4)c(OC(F)(F)F)c3)c(Cl)c2cc1Cl. The Bertz CT molecular complexity index is 1360. The third-order valence-electron chi connectivity index (χ3n) is 5.03. The zero-order valence-electron chi connectivity index (χ0n) is 17.2. The Morgan fingerprint density at radius 1 is 0.879 bits per heavy atom. The Balaban J connectivity index is 1.91. The van der Waals surface area contributed by atoms with Gasteiger partial charge in [-0.3, -0.25) is 4.98 Å². The van der Waals surface area contributed by atoms with Gasteiger partial charge >= 0.3 is 6.36 Å². The van der Waals surface area contributed by atoms with Gasteiger partial charge in [-0.1, -0.05) is 47.5 Å². The average molecular weight is 496 g/mol. The topological polar surface area (TPSA) is 31.4 Å². The zero-order valence-corrected chi connectivity index (χ0v) is 18.7. The monoisotopic (exact) mass is 495 g/mol. The van der Waals surface area contributed by atoms with Crippen molar-refractivity contribution in [3.05, 3.63) is 76.2 Å². The minimum Gasteiger partial charge on any atom is -0.495 e. The molecule has 0 N–H and O–H groups in total. The van der Waals surface area contributed by atoms with Gasteiger partial charge in [0.2, 0.25) is 0 Å². The van der Waals surface area contributed by atoms with Crippen molar-refractivity contribution in [3.63, 3.8) is 0 Å². The van der Waals surface area contributed by atoms with Crippen molar-refractivity contribution in [1.29, 1.82) is 0 Å². The van der Waals surface area contributed by atoms with Gasteiger partial charge in [-0.2, -0.15) is 0 Å². The molecule has 1 heterocycles. The van der Waals surface area contributed by atoms with Gasteiger partial charge in [0.1, 0.15) is 17.3 Å². The maximum Gasteiger partial charge on any atom is 0.573 e. The fraction of sp³-hybridized carbons (Fsp3) is 0.125. The number of hydrogen-bond acceptors (Lipinski definition) is 3. The van der Waals surface area contributed by atoms with Gasteiger partial charge in [0, 0.05) is 28.3 Å². The van der Waals surface area contributed by atoms with Crippen molar-refractivity contribution in [3.8, 4) is 33.8 Å². The highest BCUT2D eigenvalue weighted by atomic mass is 35.5. The summed E-state index contributed by atoms with van der Waals surface area (Å²) in [5.74, 6) is -0.534. The van der Waals surface area contributed by atoms with Crippen LogP contribution < -0.4 is 9.47 Å². The van der Waals surface area contributed by atoms with E-state index >= 15 is 0 Å². The molecule has 170 valence electrons. The van der Waals surface area contributed by atoms with Crippen molar-refractivity contribution in [1.82, 2.24) is 4.98 Å². The summed E-state index contributed by atoms with van der Waals surface area (Å²) in [5.41, 5.74) is 2.32. The molecule has 0 fully saturated rings. The number of pyridine rings is 1. The second kappa shape index (κ2) is 8.72. The number of nitrogens with zero attached hydrogens (tertiary/aromatic N) is 1. The molecule has 0 bridgehead atoms. The number of halogens is 6. The van der Waals surface area contributed by atoms with Gasteiger partial charge in [0.25, 0.3) is 0 Å². The van der Waals surface area contributed by atoms with E-state index in [1.165, 1.54) is 31.4 Å². The van der Waals surface area contributed by atoms with Crippen molar-refractivity contribution in [2.45, 2.75) is 13.3 Å². The Kier molecular flexibility index (Phi) is 6.12. The minimum absolute atomic E-state index is 0.145. The van der Waals surface area contributed by atoms with E-state index in [9.17, 15) is 17.6 Å². The fourth-order valence-corrected chi connectivity index (χ4v) is 4.23. The van der Waals surface area contributed by atoms with Crippen LogP contribution in [0.4, 0.5) is 17.6 Å². The number of rotatable bonds is 4. The number of hydrogen-bond donors (Lipinski definition) is 0. The number of methoxy groups -OCH3 is 1. The number of alkyl halides is 3. The summed E-state index contributed by atoms with van der Waals surface area (Å²) in [6.07, 6.45) is -4.93. The van der Waals surface area contributed by atoms with Crippen LogP contribution in [0.2, 0.25) is 10.0 Å². The van der Waals surface area contributed by atoms with Gasteiger partial charge in [-0.05, 0) is 42.3 Å². The van der Waals surface area contributed by atoms with Crippen LogP contribution in [0.3, 0.4) is 0 Å². The molecule has 0 atom stereocenters. The lowest BCUT2D eigenvalue weighted by molar-refractivity contribution is -0.274. The van der Waals surface area contributed by atoms with Crippen molar-refractivity contribution in [2.24, 2.45) is 0 Å². The van der Waals surface area contributed by atoms with Crippen LogP contribution in [-0.4, -0.2) is 18.5 Å². The molecule has 33 heavy (non-hydrogen) atoms. The lowest BCUT2D eigenvalue weighted by Gasteiger charge is -2.17. The average Bonchev–Trinajstić information content (AvgIpc) is 2.74. The summed E-state index contributed by atoms with van der Waals surface area (Å²) in [6, 6.07) is 12.6. The summed E-state index contributed by atoms with van der Waals surface area (Å²) in [6.45, 7) is 1.69. The largest absolute Gasteiger partial charge is 0.573 e. The summed E-state index contributed by atoms with van der Waals surface area (Å²) in [7, 11) is 1.47. The molecule has 0 spiro atoms. The number of benzene rings is 3. The Morgan fingerprint density at radius 2 is 1.55 bits per heavy atom. The molecular formula is C24H15Cl2F4NO2. The zero-order chi connectivity index (χ0) is 23.9. The van der Waals surface area contributed by atoms with Crippen molar-refractivity contribution >= 4 is 34.1 Å². The molecule has 0 saturated heterocycles. The van der Waals surface area contributed by atoms with Gasteiger partial charge in [-0.15, -0.1) is 13.2 Å². The van der Waals surface area contributed by atoms with Crippen LogP contribution in [0.15, 0.2) is 54.6 Å². The summed E-state index contributed by atoms with van der Waals surface area (Å²) >= 11 is 12.9. The smallest absolute Gasteiger partial charge is 0.495 e. The Hall–Kier alpha value is -3.03. The summed E-state index contributed by atoms with van der Waals surface area (Å²) in [4.78, 5) is 4.53. The third-order valence-corrected chi connectivity index (χ3v) is 5.72. The lowest BCUT2D eigenvalue weighted by Crippen LogP contribution is -2.17. The second-order valence-electron chi connectivity index (χ2n) is 7.16. The van der Waals surface area contributed by atoms with E-state index in [1.54, 1.807) is 25.1 Å². The Morgan fingerprint density at radius 3 is 2.18 bits per heavy atom. The lowest BCUT2D eigenvalue weighted by atomic mass is 9.97. The number of aromatic nitrogens is 1. The number of aryl methyl sites for hydroxylation is 1. The van der Waals surface area contributed by atoms with E-state index in [0.717, 1.165) is 12.1 Å². The van der Waals surface area contributed by atoms with Crippen LogP contribution in [0.5, 0.6) is 11.5 Å². The summed E-state index contributed by atoms with van der Waals surface area (Å²) in [5, 5.41) is 1.11. The van der Waals surface area contributed by atoms with Gasteiger partial charge in [0.15, 0.2) is 0 Å². The molecule has 0 aliphatic rings. The number of fused-ring (bicyclic) bond motifs is 1. The first-order valence-electron chi connectivity index (χ1n) is 9.57. The molecule has 9 heteroatoms. The van der Waals surface area contributed by atoms with Gasteiger partial charge in [0.05, 0.1) is 22.7 Å². The maximum atomic E-state index is 13.3. The molecule has 4 aromatic rings. The van der Waals surface area contributed by atoms with Crippen LogP contribution in [0, 0.1) is 12.7 Å². The molecule has 0 radical (unpaired) electrons. The predicted molar refractivity (Wildman–Crippen MR) is 121 cm³/mol. The first-order chi connectivity index (χ1) is 15.6. The molecule has 3 aromatic carbocycles. The van der Waals surface area contributed by atoms with Gasteiger partial charge in [-0.25, -0.2) is 4.39 Å². The standard InChI is InChI=1S/C24H15Cl2F4NO2/c1-12-22(23(26)17-10-18(25)21(32-2)11-19(17)31-12)14-5-8-16(13-3-6-15(27)7-4-13)20(9-14)33-24(28,29)30/h3-11H,1-2H3. The highest BCUT2D eigenvalue weighted by Gasteiger charge is 2.32. The molecule has 4 rings (SSSR count). The van der Waals surface area contributed by atoms with Crippen molar-refractivity contribution in [2.75, 3.05) is 7.11 Å². The minimum atomic E-state index is -4.93. The van der Waals surface area contributed by atoms with Gasteiger partial charge < -0.3 is 9.47 Å². The van der Waals surface area contributed by atoms with Crippen LogP contribution in [-0.2, 0) is 0 Å². The van der Waals surface area contributed by atoms with Crippen LogP contribution in [0.25, 0.3) is 33.2 Å². The van der Waals surface area contributed by atoms with E-state index in [4.69, 9.17) is 27.9 Å². The van der Waals surface area contributed by atoms with E-state index in [1.807, 2.05) is 0 Å². The second-order valence-corrected chi connectivity index (χ2v) is 7.94. The predicted octanol–water partition coefficient (Wildman–Crippen LogP) is 8.23. The molecule has 1 aromatic heterocycles. The molecule has 0 aliphatic carbocycles. The number of ether oxygens (including phenoxy) is 2. The van der Waals surface area contributed by atoms with Crippen LogP contribution >= 0.6 is 23.2 Å². The fourth-order valence-electron chi connectivity index (χ4n) is 3.59. The highest BCUT2D eigenvalue weighted by molar-refractivity contribution is 6.39. The first kappa shape index (κ1) is 23.1. The Labute approximate surface area is 196 Å². The van der Waals surface area contributed by atoms with E-state index in [-0.39, 0.29) is 10.6 Å². The normalized spacial score (nSPS) is 11.6. The molecule has 0 unspecified atom stereocenters. The molecule has 0 amide bonds. The van der Waals surface area contributed by atoms with Crippen molar-refractivity contribution < 1.29 is 27.0 Å². The maximum absolute atomic E-state index is 13.3. The van der Waals surface area contributed by atoms with Crippen LogP contribution in [0.1, 0.15) is 5.69 Å². The molecular weight excluding hydrogens is 481 g/mol. The molecule has 0 aliphatic heterocycles. The highest BCUT2D eigenvalue weighted by Crippen LogP contribution is 2.42. The van der Waals surface area contributed by atoms with E-state index < -0.39 is 17.9 Å². The third kappa shape index (κ3) is 4.70. The molecule has 0 saturated carbocycles. The molecule has 3 nitrogen and oxygen atoms in total. The first-order valence-corrected chi connectivity index (χ1v) is 10.3.